The predicted molar refractivity (Wildman–Crippen MR) is 78.2 cm³/mol. The molecule has 0 aromatic rings. The smallest absolute Gasteiger partial charge is 0.320 e. The average molecular weight is 282 g/mol. The molecule has 1 unspecified atom stereocenters. The van der Waals surface area contributed by atoms with Gasteiger partial charge < -0.3 is 10.0 Å². The van der Waals surface area contributed by atoms with Crippen LogP contribution in [0.2, 0.25) is 0 Å². The third-order valence-corrected chi connectivity index (χ3v) is 3.49. The quantitative estimate of drug-likeness (QED) is 0.714. The highest BCUT2D eigenvalue weighted by Gasteiger charge is 2.22. The third kappa shape index (κ3) is 4.96. The average Bonchev–Trinajstić information content (AvgIpc) is 2.88. The van der Waals surface area contributed by atoms with Crippen molar-refractivity contribution in [2.45, 2.75) is 52.5 Å². The third-order valence-electron chi connectivity index (χ3n) is 3.49. The van der Waals surface area contributed by atoms with Crippen LogP contribution in [-0.4, -0.2) is 41.0 Å². The van der Waals surface area contributed by atoms with E-state index in [2.05, 4.69) is 11.4 Å². The number of hydrogen-bond acceptors (Lipinski definition) is 3. The minimum Gasteiger partial charge on any atom is -0.480 e. The summed E-state index contributed by atoms with van der Waals surface area (Å²) in [6, 6.07) is -0.657. The number of carbonyl (C=O) groups is 2. The van der Waals surface area contributed by atoms with Gasteiger partial charge >= 0.3 is 5.97 Å². The van der Waals surface area contributed by atoms with Gasteiger partial charge in [-0.3, -0.25) is 14.9 Å². The number of nitrogens with zero attached hydrogens (tertiary/aromatic N) is 1. The van der Waals surface area contributed by atoms with Gasteiger partial charge in [0.2, 0.25) is 5.91 Å². The van der Waals surface area contributed by atoms with Gasteiger partial charge in [0.15, 0.2) is 0 Å². The molecule has 0 aliphatic heterocycles. The van der Waals surface area contributed by atoms with E-state index in [4.69, 9.17) is 5.11 Å². The summed E-state index contributed by atoms with van der Waals surface area (Å²) in [5.74, 6) is -0.663. The molecule has 0 radical (unpaired) electrons. The van der Waals surface area contributed by atoms with Crippen LogP contribution in [0.15, 0.2) is 11.8 Å². The van der Waals surface area contributed by atoms with Gasteiger partial charge in [-0.05, 0) is 38.5 Å². The van der Waals surface area contributed by atoms with Crippen LogP contribution in [0, 0.1) is 5.92 Å². The van der Waals surface area contributed by atoms with Crippen LogP contribution in [0.4, 0.5) is 0 Å². The van der Waals surface area contributed by atoms with E-state index in [1.165, 1.54) is 0 Å². The van der Waals surface area contributed by atoms with Crippen molar-refractivity contribution < 1.29 is 14.7 Å². The van der Waals surface area contributed by atoms with E-state index >= 15 is 0 Å². The van der Waals surface area contributed by atoms with Gasteiger partial charge in [0.05, 0.1) is 6.54 Å². The highest BCUT2D eigenvalue weighted by Crippen LogP contribution is 2.21. The number of carbonyl (C=O) groups excluding carboxylic acids is 1. The molecule has 20 heavy (non-hydrogen) atoms. The van der Waals surface area contributed by atoms with Gasteiger partial charge in [-0.2, -0.15) is 0 Å². The van der Waals surface area contributed by atoms with E-state index in [-0.39, 0.29) is 18.4 Å². The largest absolute Gasteiger partial charge is 0.480 e. The Morgan fingerprint density at radius 1 is 1.45 bits per heavy atom. The number of hydrogen-bond donors (Lipinski definition) is 2. The normalized spacial score (nSPS) is 16.1. The second kappa shape index (κ2) is 8.04. The van der Waals surface area contributed by atoms with E-state index in [1.807, 2.05) is 20.8 Å². The van der Waals surface area contributed by atoms with E-state index in [9.17, 15) is 9.59 Å². The number of carboxylic acid groups (broad SMARTS) is 1. The zero-order valence-electron chi connectivity index (χ0n) is 12.7. The minimum absolute atomic E-state index is 0.0457. The molecule has 1 atom stereocenters. The van der Waals surface area contributed by atoms with Gasteiger partial charge in [-0.15, -0.1) is 0 Å². The van der Waals surface area contributed by atoms with Crippen LogP contribution in [0.1, 0.15) is 46.5 Å². The first-order valence-electron chi connectivity index (χ1n) is 7.41. The molecule has 1 amide bonds. The number of rotatable bonds is 8. The lowest BCUT2D eigenvalue weighted by Gasteiger charge is -2.24. The molecule has 2 N–H and O–H groups in total. The highest BCUT2D eigenvalue weighted by molar-refractivity contribution is 5.81. The van der Waals surface area contributed by atoms with E-state index in [0.29, 0.717) is 13.0 Å². The summed E-state index contributed by atoms with van der Waals surface area (Å²) in [5, 5.41) is 12.0. The zero-order chi connectivity index (χ0) is 15.1. The van der Waals surface area contributed by atoms with Gasteiger partial charge in [0.1, 0.15) is 6.04 Å². The van der Waals surface area contributed by atoms with Gasteiger partial charge in [-0.25, -0.2) is 0 Å². The number of likely N-dealkylation sites (N-methyl/N-ethyl adjacent to an activating group) is 1. The van der Waals surface area contributed by atoms with Crippen molar-refractivity contribution in [3.05, 3.63) is 11.8 Å². The monoisotopic (exact) mass is 282 g/mol. The van der Waals surface area contributed by atoms with Gasteiger partial charge in [0.25, 0.3) is 0 Å². The molecule has 0 saturated carbocycles. The fourth-order valence-corrected chi connectivity index (χ4v) is 2.49. The number of amides is 1. The number of nitrogens with one attached hydrogen (secondary N) is 1. The molecule has 0 fully saturated rings. The SMILES string of the molecule is CCN(C(=O)CNC(CC(C)C)C(=O)O)C1=CCCC1. The molecular weight excluding hydrogens is 256 g/mol. The van der Waals surface area contributed by atoms with Crippen molar-refractivity contribution in [2.75, 3.05) is 13.1 Å². The van der Waals surface area contributed by atoms with Crippen molar-refractivity contribution in [1.29, 1.82) is 0 Å². The zero-order valence-corrected chi connectivity index (χ0v) is 12.7. The summed E-state index contributed by atoms with van der Waals surface area (Å²) < 4.78 is 0. The fourth-order valence-electron chi connectivity index (χ4n) is 2.49. The molecule has 0 aromatic carbocycles. The summed E-state index contributed by atoms with van der Waals surface area (Å²) in [4.78, 5) is 25.1. The van der Waals surface area contributed by atoms with Crippen LogP contribution in [0.3, 0.4) is 0 Å². The van der Waals surface area contributed by atoms with Gasteiger partial charge in [0, 0.05) is 12.2 Å². The van der Waals surface area contributed by atoms with Crippen molar-refractivity contribution >= 4 is 11.9 Å². The lowest BCUT2D eigenvalue weighted by atomic mass is 10.0. The molecule has 1 aliphatic carbocycles. The Balaban J connectivity index is 2.53. The number of carboxylic acids is 1. The topological polar surface area (TPSA) is 69.6 Å². The van der Waals surface area contributed by atoms with Crippen LogP contribution in [0.25, 0.3) is 0 Å². The summed E-state index contributed by atoms with van der Waals surface area (Å²) in [6.45, 7) is 6.60. The van der Waals surface area contributed by atoms with Crippen molar-refractivity contribution in [3.63, 3.8) is 0 Å². The molecule has 114 valence electrons. The molecule has 1 aliphatic rings. The Bertz CT molecular complexity index is 377. The van der Waals surface area contributed by atoms with Crippen LogP contribution >= 0.6 is 0 Å². The Labute approximate surface area is 121 Å². The van der Waals surface area contributed by atoms with Crippen molar-refractivity contribution in [3.8, 4) is 0 Å². The van der Waals surface area contributed by atoms with Gasteiger partial charge in [-0.1, -0.05) is 19.9 Å². The van der Waals surface area contributed by atoms with E-state index in [0.717, 1.165) is 25.0 Å². The molecule has 0 bridgehead atoms. The molecule has 0 saturated heterocycles. The Kier molecular flexibility index (Phi) is 6.71. The van der Waals surface area contributed by atoms with Crippen LogP contribution < -0.4 is 5.32 Å². The van der Waals surface area contributed by atoms with Crippen molar-refractivity contribution in [1.82, 2.24) is 10.2 Å². The Morgan fingerprint density at radius 3 is 2.60 bits per heavy atom. The van der Waals surface area contributed by atoms with Crippen LogP contribution in [-0.2, 0) is 9.59 Å². The first-order valence-corrected chi connectivity index (χ1v) is 7.41. The molecule has 1 rings (SSSR count). The lowest BCUT2D eigenvalue weighted by Crippen LogP contribution is -2.44. The molecule has 5 nitrogen and oxygen atoms in total. The summed E-state index contributed by atoms with van der Waals surface area (Å²) in [7, 11) is 0. The Hall–Kier alpha value is -1.36. The lowest BCUT2D eigenvalue weighted by molar-refractivity contribution is -0.140. The van der Waals surface area contributed by atoms with Crippen molar-refractivity contribution in [2.24, 2.45) is 5.92 Å². The molecule has 0 aromatic heterocycles. The fraction of sp³-hybridized carbons (Fsp3) is 0.733. The summed E-state index contributed by atoms with van der Waals surface area (Å²) in [6.07, 6.45) is 5.69. The maximum Gasteiger partial charge on any atom is 0.320 e. The van der Waals surface area contributed by atoms with E-state index in [1.54, 1.807) is 4.90 Å². The summed E-state index contributed by atoms with van der Waals surface area (Å²) >= 11 is 0. The standard InChI is InChI=1S/C15H26N2O3/c1-4-17(12-7-5-6-8-12)14(18)10-16-13(15(19)20)9-11(2)3/h7,11,13,16H,4-6,8-10H2,1-3H3,(H,19,20). The first kappa shape index (κ1) is 16.7. The number of allylic oxidation sites excluding steroid dienone is 2. The second-order valence-electron chi connectivity index (χ2n) is 5.63. The minimum atomic E-state index is -0.894. The maximum atomic E-state index is 12.2. The molecule has 5 heteroatoms. The summed E-state index contributed by atoms with van der Waals surface area (Å²) in [5.41, 5.74) is 1.08. The molecular formula is C15H26N2O3. The number of aliphatic carboxylic acids is 1. The van der Waals surface area contributed by atoms with E-state index < -0.39 is 12.0 Å². The highest BCUT2D eigenvalue weighted by atomic mass is 16.4. The molecule has 0 spiro atoms. The second-order valence-corrected chi connectivity index (χ2v) is 5.63. The predicted octanol–water partition coefficient (Wildman–Crippen LogP) is 1.99. The first-order chi connectivity index (χ1) is 9.45. The van der Waals surface area contributed by atoms with Crippen LogP contribution in [0.5, 0.6) is 0 Å². The molecule has 0 heterocycles. The Morgan fingerprint density at radius 2 is 2.15 bits per heavy atom. The maximum absolute atomic E-state index is 12.2.